The van der Waals surface area contributed by atoms with Gasteiger partial charge in [0, 0.05) is 30.4 Å². The minimum atomic E-state index is 0.477. The number of hydrogen-bond donors (Lipinski definition) is 1. The van der Waals surface area contributed by atoms with Gasteiger partial charge in [-0.2, -0.15) is 5.26 Å². The smallest absolute Gasteiger partial charge is 0.149 e. The van der Waals surface area contributed by atoms with E-state index in [-0.39, 0.29) is 0 Å². The number of benzene rings is 2. The zero-order valence-electron chi connectivity index (χ0n) is 16.9. The minimum Gasteiger partial charge on any atom is -0.493 e. The molecule has 0 saturated heterocycles. The first-order valence-corrected chi connectivity index (χ1v) is 9.69. The minimum absolute atomic E-state index is 0.477. The highest BCUT2D eigenvalue weighted by Gasteiger charge is 2.12. The molecule has 1 heterocycles. The number of anilines is 1. The fourth-order valence-electron chi connectivity index (χ4n) is 3.27. The maximum atomic E-state index is 9.73. The number of fused-ring (bicyclic) bond motifs is 1. The Kier molecular flexibility index (Phi) is 6.00. The van der Waals surface area contributed by atoms with Crippen LogP contribution in [0.25, 0.3) is 22.7 Å². The van der Waals surface area contributed by atoms with E-state index in [1.54, 1.807) is 0 Å². The number of aryl methyl sites for hydroxylation is 1. The molecule has 0 fully saturated rings. The lowest BCUT2D eigenvalue weighted by atomic mass is 10.1. The van der Waals surface area contributed by atoms with Gasteiger partial charge in [-0.15, -0.1) is 0 Å². The zero-order valence-corrected chi connectivity index (χ0v) is 16.9. The molecule has 0 amide bonds. The molecule has 0 bridgehead atoms. The molecule has 0 atom stereocenters. The van der Waals surface area contributed by atoms with Crippen molar-refractivity contribution in [3.63, 3.8) is 0 Å². The van der Waals surface area contributed by atoms with Crippen LogP contribution in [0, 0.1) is 18.3 Å². The van der Waals surface area contributed by atoms with Crippen LogP contribution in [0.5, 0.6) is 5.75 Å². The molecule has 2 aromatic carbocycles. The summed E-state index contributed by atoms with van der Waals surface area (Å²) in [4.78, 5) is 10.1. The third-order valence-electron chi connectivity index (χ3n) is 4.74. The van der Waals surface area contributed by atoms with Gasteiger partial charge >= 0.3 is 0 Å². The first-order chi connectivity index (χ1) is 13.6. The van der Waals surface area contributed by atoms with E-state index in [2.05, 4.69) is 40.9 Å². The Hall–Kier alpha value is -3.26. The van der Waals surface area contributed by atoms with Gasteiger partial charge in [-0.1, -0.05) is 6.07 Å². The summed E-state index contributed by atoms with van der Waals surface area (Å²) in [7, 11) is 0. The molecular formula is C23H26N4O. The Labute approximate surface area is 166 Å². The van der Waals surface area contributed by atoms with E-state index in [0.29, 0.717) is 18.0 Å². The first-order valence-electron chi connectivity index (χ1n) is 9.69. The van der Waals surface area contributed by atoms with Gasteiger partial charge < -0.3 is 14.6 Å². The summed E-state index contributed by atoms with van der Waals surface area (Å²) >= 11 is 0. The normalized spacial score (nSPS) is 11.5. The predicted octanol–water partition coefficient (Wildman–Crippen LogP) is 5.18. The van der Waals surface area contributed by atoms with E-state index in [4.69, 9.17) is 4.74 Å². The Bertz CT molecular complexity index is 1040. The molecule has 0 aliphatic rings. The quantitative estimate of drug-likeness (QED) is 0.579. The second-order valence-electron chi connectivity index (χ2n) is 6.60. The van der Waals surface area contributed by atoms with Gasteiger partial charge in [0.05, 0.1) is 23.2 Å². The molecule has 0 unspecified atom stereocenters. The monoisotopic (exact) mass is 374 g/mol. The highest BCUT2D eigenvalue weighted by molar-refractivity contribution is 5.91. The molecule has 144 valence electrons. The van der Waals surface area contributed by atoms with Crippen molar-refractivity contribution in [1.29, 1.82) is 5.26 Å². The zero-order chi connectivity index (χ0) is 20.1. The van der Waals surface area contributed by atoms with E-state index in [9.17, 15) is 5.26 Å². The molecule has 3 aromatic rings. The Morgan fingerprint density at radius 3 is 2.64 bits per heavy atom. The number of imidazole rings is 1. The number of ether oxygens (including phenoxy) is 1. The summed E-state index contributed by atoms with van der Waals surface area (Å²) in [5, 5.41) is 9.73. The molecule has 1 N–H and O–H groups in total. The van der Waals surface area contributed by atoms with Crippen LogP contribution < -0.4 is 9.64 Å². The third kappa shape index (κ3) is 4.01. The summed E-state index contributed by atoms with van der Waals surface area (Å²) < 4.78 is 5.86. The number of hydrogen-bond acceptors (Lipinski definition) is 4. The molecule has 0 saturated carbocycles. The van der Waals surface area contributed by atoms with Crippen molar-refractivity contribution >= 4 is 28.4 Å². The molecule has 3 rings (SSSR count). The average Bonchev–Trinajstić information content (AvgIpc) is 3.11. The first kappa shape index (κ1) is 19.5. The predicted molar refractivity (Wildman–Crippen MR) is 115 cm³/mol. The summed E-state index contributed by atoms with van der Waals surface area (Å²) in [6.07, 6.45) is 1.83. The fraction of sp³-hybridized carbons (Fsp3) is 0.304. The van der Waals surface area contributed by atoms with Crippen LogP contribution in [0.15, 0.2) is 36.4 Å². The van der Waals surface area contributed by atoms with Crippen LogP contribution in [0.1, 0.15) is 37.7 Å². The molecule has 5 heteroatoms. The lowest BCUT2D eigenvalue weighted by molar-refractivity contribution is 0.339. The van der Waals surface area contributed by atoms with Gasteiger partial charge in [0.1, 0.15) is 17.6 Å². The van der Waals surface area contributed by atoms with Gasteiger partial charge in [-0.05, 0) is 63.6 Å². The number of nitriles is 1. The van der Waals surface area contributed by atoms with Gasteiger partial charge in [-0.3, -0.25) is 0 Å². The summed E-state index contributed by atoms with van der Waals surface area (Å²) in [5.74, 6) is 1.34. The largest absolute Gasteiger partial charge is 0.493 e. The molecule has 0 aliphatic carbocycles. The lowest BCUT2D eigenvalue weighted by Crippen LogP contribution is -2.21. The van der Waals surface area contributed by atoms with Crippen molar-refractivity contribution in [2.24, 2.45) is 0 Å². The Morgan fingerprint density at radius 2 is 1.96 bits per heavy atom. The third-order valence-corrected chi connectivity index (χ3v) is 4.74. The van der Waals surface area contributed by atoms with Crippen LogP contribution in [-0.4, -0.2) is 29.7 Å². The molecule has 0 radical (unpaired) electrons. The van der Waals surface area contributed by atoms with Crippen molar-refractivity contribution in [2.45, 2.75) is 27.7 Å². The van der Waals surface area contributed by atoms with Crippen molar-refractivity contribution in [1.82, 2.24) is 9.97 Å². The van der Waals surface area contributed by atoms with Gasteiger partial charge in [0.25, 0.3) is 0 Å². The summed E-state index contributed by atoms with van der Waals surface area (Å²) in [6.45, 7) is 10.7. The second kappa shape index (κ2) is 8.62. The highest BCUT2D eigenvalue weighted by atomic mass is 16.5. The number of nitrogens with zero attached hydrogens (tertiary/aromatic N) is 3. The summed E-state index contributed by atoms with van der Waals surface area (Å²) in [6, 6.07) is 14.4. The van der Waals surface area contributed by atoms with E-state index < -0.39 is 0 Å². The number of aromatic nitrogens is 2. The number of nitrogens with one attached hydrogen (secondary N) is 1. The average molecular weight is 374 g/mol. The van der Waals surface area contributed by atoms with Crippen LogP contribution in [0.2, 0.25) is 0 Å². The van der Waals surface area contributed by atoms with E-state index in [0.717, 1.165) is 46.7 Å². The van der Waals surface area contributed by atoms with Crippen LogP contribution in [0.3, 0.4) is 0 Å². The molecule has 28 heavy (non-hydrogen) atoms. The molecule has 0 spiro atoms. The topological polar surface area (TPSA) is 64.9 Å². The van der Waals surface area contributed by atoms with E-state index in [1.165, 1.54) is 0 Å². The number of H-pyrrole nitrogens is 1. The maximum Gasteiger partial charge on any atom is 0.149 e. The maximum absolute atomic E-state index is 9.73. The Morgan fingerprint density at radius 1 is 1.18 bits per heavy atom. The lowest BCUT2D eigenvalue weighted by Gasteiger charge is -2.22. The number of aromatic amines is 1. The second-order valence-corrected chi connectivity index (χ2v) is 6.60. The van der Waals surface area contributed by atoms with E-state index >= 15 is 0 Å². The highest BCUT2D eigenvalue weighted by Crippen LogP contribution is 2.29. The molecular weight excluding hydrogens is 348 g/mol. The van der Waals surface area contributed by atoms with Crippen LogP contribution >= 0.6 is 0 Å². The van der Waals surface area contributed by atoms with Gasteiger partial charge in [-0.25, -0.2) is 4.98 Å². The van der Waals surface area contributed by atoms with Crippen LogP contribution in [0.4, 0.5) is 5.69 Å². The Balaban J connectivity index is 2.04. The van der Waals surface area contributed by atoms with Crippen LogP contribution in [-0.2, 0) is 0 Å². The van der Waals surface area contributed by atoms with Crippen molar-refractivity contribution in [2.75, 3.05) is 24.6 Å². The summed E-state index contributed by atoms with van der Waals surface area (Å²) in [5.41, 5.74) is 5.39. The van der Waals surface area contributed by atoms with Crippen molar-refractivity contribution in [3.8, 4) is 11.8 Å². The molecule has 5 nitrogen and oxygen atoms in total. The molecule has 0 aliphatic heterocycles. The SMILES string of the molecule is CCOc1cc(N(CC)CC)ccc1/C=C(/C#N)c1nc2ccc(C)cc2[nH]1. The van der Waals surface area contributed by atoms with E-state index in [1.807, 2.05) is 50.3 Å². The van der Waals surface area contributed by atoms with Crippen molar-refractivity contribution in [3.05, 3.63) is 53.3 Å². The molecule has 1 aromatic heterocycles. The number of allylic oxidation sites excluding steroid dienone is 1. The standard InChI is InChI=1S/C23H26N4O/c1-5-27(6-2)19-10-9-17(22(14-19)28-7-3)13-18(15-24)23-25-20-11-8-16(4)12-21(20)26-23/h8-14H,5-7H2,1-4H3,(H,25,26)/b18-13-. The number of rotatable bonds is 7. The van der Waals surface area contributed by atoms with Gasteiger partial charge in [0.15, 0.2) is 0 Å². The van der Waals surface area contributed by atoms with Gasteiger partial charge in [0.2, 0.25) is 0 Å². The fourth-order valence-corrected chi connectivity index (χ4v) is 3.27. The van der Waals surface area contributed by atoms with Crippen molar-refractivity contribution < 1.29 is 4.74 Å².